The summed E-state index contributed by atoms with van der Waals surface area (Å²) >= 11 is 5.94. The Labute approximate surface area is 125 Å². The second-order valence-corrected chi connectivity index (χ2v) is 4.58. The highest BCUT2D eigenvalue weighted by Gasteiger charge is 2.11. The molecule has 7 nitrogen and oxygen atoms in total. The van der Waals surface area contributed by atoms with Crippen LogP contribution in [0.4, 0.5) is 22.7 Å². The summed E-state index contributed by atoms with van der Waals surface area (Å²) in [6.07, 6.45) is 0. The molecule has 0 saturated carbocycles. The second-order valence-electron chi connectivity index (χ2n) is 4.14. The molecule has 0 amide bonds. The monoisotopic (exact) mass is 308 g/mol. The van der Waals surface area contributed by atoms with Crippen LogP contribution < -0.4 is 21.3 Å². The maximum absolute atomic E-state index is 10.9. The molecule has 0 unspecified atom stereocenters. The normalized spacial score (nSPS) is 10.0. The van der Waals surface area contributed by atoms with E-state index in [0.29, 0.717) is 27.8 Å². The first-order chi connectivity index (χ1) is 10.0. The van der Waals surface area contributed by atoms with Crippen LogP contribution >= 0.6 is 11.6 Å². The maximum Gasteiger partial charge on any atom is 0.273 e. The van der Waals surface area contributed by atoms with E-state index in [1.165, 1.54) is 19.2 Å². The van der Waals surface area contributed by atoms with E-state index in [9.17, 15) is 10.1 Å². The lowest BCUT2D eigenvalue weighted by molar-refractivity contribution is -0.384. The molecule has 2 rings (SSSR count). The minimum Gasteiger partial charge on any atom is -0.495 e. The highest BCUT2D eigenvalue weighted by molar-refractivity contribution is 6.31. The van der Waals surface area contributed by atoms with Crippen LogP contribution in [0.1, 0.15) is 0 Å². The Morgan fingerprint density at radius 2 is 1.95 bits per heavy atom. The van der Waals surface area contributed by atoms with Crippen molar-refractivity contribution in [1.29, 1.82) is 0 Å². The number of nitrogens with one attached hydrogen (secondary N) is 2. The van der Waals surface area contributed by atoms with E-state index >= 15 is 0 Å². The van der Waals surface area contributed by atoms with Gasteiger partial charge in [0.1, 0.15) is 5.75 Å². The Balaban J connectivity index is 2.41. The van der Waals surface area contributed by atoms with Crippen LogP contribution in [-0.4, -0.2) is 12.0 Å². The first-order valence-electron chi connectivity index (χ1n) is 5.90. The summed E-state index contributed by atoms with van der Waals surface area (Å²) in [6, 6.07) is 9.40. The average molecular weight is 309 g/mol. The summed E-state index contributed by atoms with van der Waals surface area (Å²) in [4.78, 5) is 10.4. The van der Waals surface area contributed by atoms with E-state index in [1.54, 1.807) is 24.3 Å². The molecule has 0 bridgehead atoms. The fourth-order valence-corrected chi connectivity index (χ4v) is 1.98. The molecule has 110 valence electrons. The number of nitrogen functional groups attached to an aromatic ring is 1. The number of nitro benzene ring substituents is 1. The van der Waals surface area contributed by atoms with Crippen molar-refractivity contribution in [2.75, 3.05) is 17.9 Å². The number of halogens is 1. The van der Waals surface area contributed by atoms with Gasteiger partial charge in [-0.1, -0.05) is 11.6 Å². The zero-order valence-electron chi connectivity index (χ0n) is 11.1. The Morgan fingerprint density at radius 3 is 2.57 bits per heavy atom. The summed E-state index contributed by atoms with van der Waals surface area (Å²) in [7, 11) is 1.52. The maximum atomic E-state index is 10.9. The van der Waals surface area contributed by atoms with Crippen molar-refractivity contribution >= 4 is 34.4 Å². The Kier molecular flexibility index (Phi) is 4.46. The number of nitro groups is 1. The molecule has 0 atom stereocenters. The zero-order valence-corrected chi connectivity index (χ0v) is 11.8. The Bertz CT molecular complexity index is 678. The first-order valence-corrected chi connectivity index (χ1v) is 6.28. The molecule has 0 fully saturated rings. The summed E-state index contributed by atoms with van der Waals surface area (Å²) in [5.41, 5.74) is 3.78. The predicted octanol–water partition coefficient (Wildman–Crippen LogP) is 3.29. The van der Waals surface area contributed by atoms with Gasteiger partial charge in [0.2, 0.25) is 0 Å². The number of nitrogens with zero attached hydrogens (tertiary/aromatic N) is 1. The largest absolute Gasteiger partial charge is 0.495 e. The van der Waals surface area contributed by atoms with Crippen LogP contribution in [0.25, 0.3) is 0 Å². The van der Waals surface area contributed by atoms with Gasteiger partial charge in [0, 0.05) is 22.8 Å². The number of hydrogen-bond acceptors (Lipinski definition) is 6. The fraction of sp³-hybridized carbons (Fsp3) is 0.0769. The van der Waals surface area contributed by atoms with Crippen molar-refractivity contribution in [1.82, 2.24) is 0 Å². The van der Waals surface area contributed by atoms with E-state index in [-0.39, 0.29) is 5.69 Å². The molecule has 0 aromatic heterocycles. The number of anilines is 3. The quantitative estimate of drug-likeness (QED) is 0.445. The van der Waals surface area contributed by atoms with E-state index in [4.69, 9.17) is 22.2 Å². The lowest BCUT2D eigenvalue weighted by Gasteiger charge is -2.12. The summed E-state index contributed by atoms with van der Waals surface area (Å²) in [5, 5.41) is 14.5. The van der Waals surface area contributed by atoms with Crippen LogP contribution in [0, 0.1) is 10.1 Å². The molecule has 21 heavy (non-hydrogen) atoms. The number of hydrazine groups is 1. The van der Waals surface area contributed by atoms with Crippen molar-refractivity contribution in [2.45, 2.75) is 0 Å². The molecular formula is C13H13ClN4O3. The number of hydrogen-bond donors (Lipinski definition) is 3. The lowest BCUT2D eigenvalue weighted by Crippen LogP contribution is -2.07. The van der Waals surface area contributed by atoms with Gasteiger partial charge >= 0.3 is 0 Å². The summed E-state index contributed by atoms with van der Waals surface area (Å²) in [5.74, 6) is 5.88. The van der Waals surface area contributed by atoms with E-state index in [1.807, 2.05) is 0 Å². The van der Waals surface area contributed by atoms with Crippen molar-refractivity contribution < 1.29 is 9.66 Å². The Morgan fingerprint density at radius 1 is 1.24 bits per heavy atom. The van der Waals surface area contributed by atoms with Gasteiger partial charge in [-0.3, -0.25) is 16.0 Å². The van der Waals surface area contributed by atoms with Gasteiger partial charge in [-0.15, -0.1) is 0 Å². The molecule has 0 aliphatic heterocycles. The first kappa shape index (κ1) is 14.9. The van der Waals surface area contributed by atoms with Crippen LogP contribution in [0.15, 0.2) is 36.4 Å². The third kappa shape index (κ3) is 3.53. The average Bonchev–Trinajstić information content (AvgIpc) is 2.47. The van der Waals surface area contributed by atoms with Gasteiger partial charge < -0.3 is 15.5 Å². The molecular weight excluding hydrogens is 296 g/mol. The predicted molar refractivity (Wildman–Crippen MR) is 82.2 cm³/mol. The number of non-ortho nitro benzene ring substituents is 1. The number of methoxy groups -OCH3 is 1. The third-order valence-electron chi connectivity index (χ3n) is 2.74. The minimum absolute atomic E-state index is 0.0889. The lowest BCUT2D eigenvalue weighted by atomic mass is 10.2. The molecule has 0 spiro atoms. The number of rotatable bonds is 5. The zero-order chi connectivity index (χ0) is 15.4. The topological polar surface area (TPSA) is 102 Å². The molecule has 8 heteroatoms. The van der Waals surface area contributed by atoms with Gasteiger partial charge in [0.15, 0.2) is 0 Å². The van der Waals surface area contributed by atoms with Gasteiger partial charge in [0.25, 0.3) is 5.69 Å². The molecule has 0 heterocycles. The molecule has 0 aliphatic carbocycles. The molecule has 0 saturated heterocycles. The number of benzene rings is 2. The van der Waals surface area contributed by atoms with E-state index in [0.717, 1.165) is 0 Å². The van der Waals surface area contributed by atoms with Crippen LogP contribution in [-0.2, 0) is 0 Å². The van der Waals surface area contributed by atoms with Crippen molar-refractivity contribution in [3.05, 3.63) is 51.5 Å². The molecule has 2 aromatic rings. The third-order valence-corrected chi connectivity index (χ3v) is 2.97. The van der Waals surface area contributed by atoms with E-state index < -0.39 is 4.92 Å². The Hall–Kier alpha value is -2.51. The van der Waals surface area contributed by atoms with Gasteiger partial charge in [0.05, 0.1) is 23.4 Å². The van der Waals surface area contributed by atoms with Crippen LogP contribution in [0.3, 0.4) is 0 Å². The standard InChI is InChI=1S/C13H13ClN4O3/c1-21-13-3-2-8(14)4-12(13)16-9-5-10(17-15)7-11(6-9)18(19)20/h2-7,16-17H,15H2,1H3. The van der Waals surface area contributed by atoms with Gasteiger partial charge in [-0.25, -0.2) is 0 Å². The SMILES string of the molecule is COc1ccc(Cl)cc1Nc1cc(NN)cc([N+](=O)[O-])c1. The second kappa shape index (κ2) is 6.29. The van der Waals surface area contributed by atoms with Crippen LogP contribution in [0.2, 0.25) is 5.02 Å². The van der Waals surface area contributed by atoms with Crippen molar-refractivity contribution in [3.8, 4) is 5.75 Å². The summed E-state index contributed by atoms with van der Waals surface area (Å²) < 4.78 is 5.21. The molecule has 0 radical (unpaired) electrons. The molecule has 2 aromatic carbocycles. The van der Waals surface area contributed by atoms with Crippen LogP contribution in [0.5, 0.6) is 5.75 Å². The van der Waals surface area contributed by atoms with Crippen molar-refractivity contribution in [2.24, 2.45) is 5.84 Å². The highest BCUT2D eigenvalue weighted by Crippen LogP contribution is 2.32. The number of ether oxygens (including phenoxy) is 1. The fourth-order valence-electron chi connectivity index (χ4n) is 1.81. The van der Waals surface area contributed by atoms with Gasteiger partial charge in [-0.05, 0) is 24.3 Å². The van der Waals surface area contributed by atoms with Crippen molar-refractivity contribution in [3.63, 3.8) is 0 Å². The smallest absolute Gasteiger partial charge is 0.273 e. The summed E-state index contributed by atoms with van der Waals surface area (Å²) in [6.45, 7) is 0. The highest BCUT2D eigenvalue weighted by atomic mass is 35.5. The molecule has 0 aliphatic rings. The molecule has 4 N–H and O–H groups in total. The number of nitrogens with two attached hydrogens (primary N) is 1. The van der Waals surface area contributed by atoms with E-state index in [2.05, 4.69) is 10.7 Å². The minimum atomic E-state index is -0.499. The van der Waals surface area contributed by atoms with Gasteiger partial charge in [-0.2, -0.15) is 0 Å².